The summed E-state index contributed by atoms with van der Waals surface area (Å²) in [6, 6.07) is 10.3. The van der Waals surface area contributed by atoms with E-state index < -0.39 is 0 Å². The van der Waals surface area contributed by atoms with Crippen molar-refractivity contribution in [2.75, 3.05) is 0 Å². The zero-order valence-electron chi connectivity index (χ0n) is 17.3. The van der Waals surface area contributed by atoms with E-state index >= 15 is 0 Å². The minimum absolute atomic E-state index is 0.202. The van der Waals surface area contributed by atoms with E-state index in [9.17, 15) is 4.79 Å². The van der Waals surface area contributed by atoms with Gasteiger partial charge in [0.05, 0.1) is 0 Å². The molecule has 0 spiro atoms. The van der Waals surface area contributed by atoms with Crippen molar-refractivity contribution in [1.82, 2.24) is 0 Å². The van der Waals surface area contributed by atoms with Crippen LogP contribution in [0.5, 0.6) is 0 Å². The molecule has 25 heavy (non-hydrogen) atoms. The Bertz CT molecular complexity index is 540. The molecule has 0 N–H and O–H groups in total. The van der Waals surface area contributed by atoms with Crippen LogP contribution in [0.15, 0.2) is 42.5 Å². The third kappa shape index (κ3) is 7.18. The predicted molar refractivity (Wildman–Crippen MR) is 110 cm³/mol. The molecule has 0 aromatic heterocycles. The van der Waals surface area contributed by atoms with E-state index in [1.54, 1.807) is 6.92 Å². The molecule has 0 radical (unpaired) electrons. The summed E-state index contributed by atoms with van der Waals surface area (Å²) in [5.41, 5.74) is 2.94. The van der Waals surface area contributed by atoms with Crippen LogP contribution in [0, 0.1) is 30.1 Å². The van der Waals surface area contributed by atoms with Crippen molar-refractivity contribution in [2.45, 2.75) is 73.6 Å². The highest BCUT2D eigenvalue weighted by molar-refractivity contribution is 5.79. The number of allylic oxidation sites excluding steroid dienone is 1. The molecule has 0 heterocycles. The SMILES string of the molecule is C=C(CCCC)C1C(C)CC(C)(C)CC1C(C)=O.Cc1ccccc1. The lowest BCUT2D eigenvalue weighted by atomic mass is 9.59. The number of unbranched alkanes of at least 4 members (excludes halogenated alkanes) is 1. The first-order valence-corrected chi connectivity index (χ1v) is 9.87. The number of Topliss-reactive ketones (excluding diaryl/α,β-unsaturated/α-hetero) is 1. The van der Waals surface area contributed by atoms with Gasteiger partial charge >= 0.3 is 0 Å². The minimum atomic E-state index is 0.202. The first kappa shape index (κ1) is 21.7. The van der Waals surface area contributed by atoms with Gasteiger partial charge in [0, 0.05) is 5.92 Å². The topological polar surface area (TPSA) is 17.1 Å². The molecule has 1 heteroatoms. The number of hydrogen-bond donors (Lipinski definition) is 0. The van der Waals surface area contributed by atoms with Crippen LogP contribution < -0.4 is 0 Å². The van der Waals surface area contributed by atoms with Crippen molar-refractivity contribution in [3.63, 3.8) is 0 Å². The molecule has 1 nitrogen and oxygen atoms in total. The van der Waals surface area contributed by atoms with Crippen LogP contribution in [-0.4, -0.2) is 5.78 Å². The van der Waals surface area contributed by atoms with Crippen molar-refractivity contribution in [3.8, 4) is 0 Å². The molecule has 0 aliphatic heterocycles. The highest BCUT2D eigenvalue weighted by atomic mass is 16.1. The van der Waals surface area contributed by atoms with Gasteiger partial charge in [-0.3, -0.25) is 4.79 Å². The number of benzene rings is 1. The van der Waals surface area contributed by atoms with Gasteiger partial charge in [0.15, 0.2) is 0 Å². The number of carbonyl (C=O) groups is 1. The molecule has 1 aliphatic carbocycles. The van der Waals surface area contributed by atoms with E-state index in [4.69, 9.17) is 0 Å². The average molecular weight is 343 g/mol. The van der Waals surface area contributed by atoms with Gasteiger partial charge < -0.3 is 0 Å². The van der Waals surface area contributed by atoms with E-state index in [-0.39, 0.29) is 5.92 Å². The third-order valence-corrected chi connectivity index (χ3v) is 5.48. The maximum Gasteiger partial charge on any atom is 0.133 e. The number of rotatable bonds is 5. The van der Waals surface area contributed by atoms with Crippen LogP contribution in [0.25, 0.3) is 0 Å². The third-order valence-electron chi connectivity index (χ3n) is 5.48. The number of hydrogen-bond acceptors (Lipinski definition) is 1. The number of ketones is 1. The van der Waals surface area contributed by atoms with Gasteiger partial charge in [0.1, 0.15) is 5.78 Å². The Morgan fingerprint density at radius 3 is 2.24 bits per heavy atom. The van der Waals surface area contributed by atoms with Crippen LogP contribution in [0.1, 0.15) is 72.3 Å². The first-order chi connectivity index (χ1) is 11.7. The van der Waals surface area contributed by atoms with Crippen LogP contribution in [0.2, 0.25) is 0 Å². The molecular weight excluding hydrogens is 304 g/mol. The van der Waals surface area contributed by atoms with Gasteiger partial charge in [-0.1, -0.05) is 82.2 Å². The molecule has 140 valence electrons. The quantitative estimate of drug-likeness (QED) is 0.526. The standard InChI is InChI=1S/C17H30O.C7H8/c1-7-8-9-12(2)16-13(3)10-17(5,6)11-15(16)14(4)18;1-7-5-3-2-4-6-7/h13,15-16H,2,7-11H2,1,3-6H3;2-6H,1H3. The van der Waals surface area contributed by atoms with Crippen LogP contribution >= 0.6 is 0 Å². The van der Waals surface area contributed by atoms with Crippen molar-refractivity contribution in [2.24, 2.45) is 23.2 Å². The highest BCUT2D eigenvalue weighted by Crippen LogP contribution is 2.48. The molecule has 1 fully saturated rings. The highest BCUT2D eigenvalue weighted by Gasteiger charge is 2.42. The van der Waals surface area contributed by atoms with E-state index in [1.165, 1.54) is 30.4 Å². The van der Waals surface area contributed by atoms with Gasteiger partial charge in [-0.2, -0.15) is 0 Å². The van der Waals surface area contributed by atoms with E-state index in [0.29, 0.717) is 23.0 Å². The number of carbonyl (C=O) groups excluding carboxylic acids is 1. The zero-order chi connectivity index (χ0) is 19.0. The molecule has 0 saturated heterocycles. The summed E-state index contributed by atoms with van der Waals surface area (Å²) in [6.07, 6.45) is 5.75. The second kappa shape index (κ2) is 9.94. The summed E-state index contributed by atoms with van der Waals surface area (Å²) in [6.45, 7) is 17.2. The predicted octanol–water partition coefficient (Wildman–Crippen LogP) is 7.01. The van der Waals surface area contributed by atoms with E-state index in [0.717, 1.165) is 12.8 Å². The van der Waals surface area contributed by atoms with Crippen LogP contribution in [0.3, 0.4) is 0 Å². The first-order valence-electron chi connectivity index (χ1n) is 9.87. The second-order valence-corrected chi connectivity index (χ2v) is 8.71. The fourth-order valence-corrected chi connectivity index (χ4v) is 4.39. The monoisotopic (exact) mass is 342 g/mol. The molecule has 2 rings (SSSR count). The van der Waals surface area contributed by atoms with Crippen LogP contribution in [0.4, 0.5) is 0 Å². The summed E-state index contributed by atoms with van der Waals surface area (Å²) in [7, 11) is 0. The van der Waals surface area contributed by atoms with Gasteiger partial charge in [0.2, 0.25) is 0 Å². The van der Waals surface area contributed by atoms with Crippen molar-refractivity contribution < 1.29 is 4.79 Å². The molecule has 1 saturated carbocycles. The molecule has 3 atom stereocenters. The Morgan fingerprint density at radius 1 is 1.20 bits per heavy atom. The fourth-order valence-electron chi connectivity index (χ4n) is 4.39. The number of aryl methyl sites for hydroxylation is 1. The summed E-state index contributed by atoms with van der Waals surface area (Å²) in [5, 5.41) is 0. The Kier molecular flexibility index (Phi) is 8.62. The molecule has 1 aromatic rings. The molecule has 3 unspecified atom stereocenters. The van der Waals surface area contributed by atoms with Gasteiger partial charge in [0.25, 0.3) is 0 Å². The largest absolute Gasteiger partial charge is 0.300 e. The van der Waals surface area contributed by atoms with Gasteiger partial charge in [-0.25, -0.2) is 0 Å². The normalized spacial score (nSPS) is 24.8. The van der Waals surface area contributed by atoms with E-state index in [1.807, 2.05) is 18.2 Å². The smallest absolute Gasteiger partial charge is 0.133 e. The summed E-state index contributed by atoms with van der Waals surface area (Å²) in [4.78, 5) is 12.0. The molecule has 0 bridgehead atoms. The molecule has 0 amide bonds. The summed E-state index contributed by atoms with van der Waals surface area (Å²) in [5.74, 6) is 1.57. The lowest BCUT2D eigenvalue weighted by molar-refractivity contribution is -0.125. The lowest BCUT2D eigenvalue weighted by Gasteiger charge is -2.45. The molecule has 1 aliphatic rings. The maximum atomic E-state index is 12.0. The summed E-state index contributed by atoms with van der Waals surface area (Å²) < 4.78 is 0. The minimum Gasteiger partial charge on any atom is -0.300 e. The lowest BCUT2D eigenvalue weighted by Crippen LogP contribution is -2.39. The van der Waals surface area contributed by atoms with Crippen LogP contribution in [-0.2, 0) is 4.79 Å². The summed E-state index contributed by atoms with van der Waals surface area (Å²) >= 11 is 0. The Labute approximate surface area is 155 Å². The van der Waals surface area contributed by atoms with Crippen molar-refractivity contribution >= 4 is 5.78 Å². The van der Waals surface area contributed by atoms with Gasteiger partial charge in [-0.05, 0) is 56.8 Å². The molecular formula is C24H38O. The van der Waals surface area contributed by atoms with Crippen molar-refractivity contribution in [3.05, 3.63) is 48.0 Å². The van der Waals surface area contributed by atoms with Crippen molar-refractivity contribution in [1.29, 1.82) is 0 Å². The van der Waals surface area contributed by atoms with Gasteiger partial charge in [-0.15, -0.1) is 0 Å². The second-order valence-electron chi connectivity index (χ2n) is 8.71. The Hall–Kier alpha value is -1.37. The zero-order valence-corrected chi connectivity index (χ0v) is 17.3. The molecule has 1 aromatic carbocycles. The van der Waals surface area contributed by atoms with E-state index in [2.05, 4.69) is 53.3 Å². The Balaban J connectivity index is 0.000000370. The maximum absolute atomic E-state index is 12.0. The fraction of sp³-hybridized carbons (Fsp3) is 0.625. The average Bonchev–Trinajstić information content (AvgIpc) is 2.52. The Morgan fingerprint density at radius 2 is 1.80 bits per heavy atom.